The van der Waals surface area contributed by atoms with Crippen LogP contribution in [0.3, 0.4) is 0 Å². The van der Waals surface area contributed by atoms with Gasteiger partial charge in [0.15, 0.2) is 6.10 Å². The van der Waals surface area contributed by atoms with Crippen LogP contribution in [-0.2, 0) is 28.6 Å². The average molecular weight is 933 g/mol. The van der Waals surface area contributed by atoms with E-state index in [0.717, 1.165) is 96.3 Å². The second kappa shape index (κ2) is 55.2. The lowest BCUT2D eigenvalue weighted by Crippen LogP contribution is -2.30. The van der Waals surface area contributed by atoms with E-state index in [0.29, 0.717) is 19.3 Å². The molecule has 0 aliphatic carbocycles. The van der Waals surface area contributed by atoms with Crippen molar-refractivity contribution in [1.82, 2.24) is 0 Å². The molecule has 1 unspecified atom stereocenters. The highest BCUT2D eigenvalue weighted by molar-refractivity contribution is 5.71. The fourth-order valence-corrected chi connectivity index (χ4v) is 7.68. The molecule has 6 heteroatoms. The van der Waals surface area contributed by atoms with Crippen molar-refractivity contribution in [2.45, 2.75) is 271 Å². The lowest BCUT2D eigenvalue weighted by atomic mass is 10.1. The van der Waals surface area contributed by atoms with Crippen molar-refractivity contribution in [3.63, 3.8) is 0 Å². The van der Waals surface area contributed by atoms with Crippen molar-refractivity contribution in [3.8, 4) is 0 Å². The van der Waals surface area contributed by atoms with Crippen LogP contribution >= 0.6 is 0 Å². The van der Waals surface area contributed by atoms with Gasteiger partial charge in [-0.25, -0.2) is 0 Å². The van der Waals surface area contributed by atoms with Crippen molar-refractivity contribution in [1.29, 1.82) is 0 Å². The minimum atomic E-state index is -0.800. The first kappa shape index (κ1) is 63.6. The maximum atomic E-state index is 12.8. The van der Waals surface area contributed by atoms with Gasteiger partial charge in [0.05, 0.1) is 0 Å². The third-order valence-electron chi connectivity index (χ3n) is 11.9. The molecular formula is C61H104O6. The molecule has 0 amide bonds. The number of carbonyl (C=O) groups excluding carboxylic acids is 3. The first-order chi connectivity index (χ1) is 33.0. The van der Waals surface area contributed by atoms with Crippen molar-refractivity contribution in [2.75, 3.05) is 13.2 Å². The highest BCUT2D eigenvalue weighted by Crippen LogP contribution is 2.15. The molecule has 0 aromatic carbocycles. The number of rotatable bonds is 50. The number of hydrogen-bond acceptors (Lipinski definition) is 6. The molecule has 0 aliphatic heterocycles. The zero-order valence-electron chi connectivity index (χ0n) is 43.9. The summed E-state index contributed by atoms with van der Waals surface area (Å²) in [5.74, 6) is -0.941. The summed E-state index contributed by atoms with van der Waals surface area (Å²) >= 11 is 0. The van der Waals surface area contributed by atoms with Gasteiger partial charge >= 0.3 is 17.9 Å². The summed E-state index contributed by atoms with van der Waals surface area (Å²) in [6.45, 7) is 6.47. The Morgan fingerprint density at radius 1 is 0.313 bits per heavy atom. The maximum Gasteiger partial charge on any atom is 0.306 e. The van der Waals surface area contributed by atoms with Gasteiger partial charge in [0.1, 0.15) is 13.2 Å². The van der Waals surface area contributed by atoms with Crippen molar-refractivity contribution in [3.05, 3.63) is 85.1 Å². The lowest BCUT2D eigenvalue weighted by molar-refractivity contribution is -0.167. The van der Waals surface area contributed by atoms with Crippen molar-refractivity contribution in [2.24, 2.45) is 0 Å². The molecule has 0 saturated heterocycles. The van der Waals surface area contributed by atoms with Gasteiger partial charge in [0, 0.05) is 19.3 Å². The van der Waals surface area contributed by atoms with Crippen LogP contribution in [0.5, 0.6) is 0 Å². The summed E-state index contributed by atoms with van der Waals surface area (Å²) < 4.78 is 16.8. The van der Waals surface area contributed by atoms with Crippen LogP contribution in [0.2, 0.25) is 0 Å². The first-order valence-corrected chi connectivity index (χ1v) is 28.1. The fourth-order valence-electron chi connectivity index (χ4n) is 7.68. The van der Waals surface area contributed by atoms with Crippen LogP contribution in [0.25, 0.3) is 0 Å². The lowest BCUT2D eigenvalue weighted by Gasteiger charge is -2.18. The van der Waals surface area contributed by atoms with Crippen LogP contribution in [0.1, 0.15) is 265 Å². The molecule has 0 bridgehead atoms. The predicted octanol–water partition coefficient (Wildman–Crippen LogP) is 18.8. The van der Waals surface area contributed by atoms with E-state index >= 15 is 0 Å². The fraction of sp³-hybridized carbons (Fsp3) is 0.721. The van der Waals surface area contributed by atoms with E-state index in [2.05, 4.69) is 106 Å². The number of esters is 3. The van der Waals surface area contributed by atoms with Crippen LogP contribution in [0, 0.1) is 0 Å². The summed E-state index contributed by atoms with van der Waals surface area (Å²) in [7, 11) is 0. The van der Waals surface area contributed by atoms with Gasteiger partial charge < -0.3 is 14.2 Å². The van der Waals surface area contributed by atoms with Gasteiger partial charge in [0.25, 0.3) is 0 Å². The molecule has 0 heterocycles. The number of unbranched alkanes of at least 4 members (excludes halogenated alkanes) is 25. The van der Waals surface area contributed by atoms with Crippen molar-refractivity contribution < 1.29 is 28.6 Å². The molecule has 1 atom stereocenters. The third-order valence-corrected chi connectivity index (χ3v) is 11.9. The Kier molecular flexibility index (Phi) is 52.4. The predicted molar refractivity (Wildman–Crippen MR) is 288 cm³/mol. The van der Waals surface area contributed by atoms with E-state index in [9.17, 15) is 14.4 Å². The number of allylic oxidation sites excluding steroid dienone is 14. The maximum absolute atomic E-state index is 12.8. The van der Waals surface area contributed by atoms with E-state index in [4.69, 9.17) is 14.2 Å². The number of carbonyl (C=O) groups is 3. The Bertz CT molecular complexity index is 1300. The molecule has 67 heavy (non-hydrogen) atoms. The molecule has 0 rings (SSSR count). The standard InChI is InChI=1S/C61H104O6/c1-4-7-10-13-16-19-22-24-26-27-28-29-30-31-32-33-35-36-39-42-45-48-51-54-60(63)66-57-58(56-65-59(62)53-50-47-44-41-38-21-18-15-12-9-6-3)67-61(64)55-52-49-46-43-40-37-34-25-23-20-17-14-11-8-5-2/h8,11,17,20,22,24-25,27-28,30-31,34,40,43,58H,4-7,9-10,12-16,18-19,21,23,26,29,32-33,35-39,41-42,44-57H2,1-3H3/b11-8-,20-17-,24-22-,28-27-,31-30-,34-25-,43-40-. The largest absolute Gasteiger partial charge is 0.462 e. The minimum absolute atomic E-state index is 0.0943. The monoisotopic (exact) mass is 933 g/mol. The van der Waals surface area contributed by atoms with Crippen LogP contribution in [0.15, 0.2) is 85.1 Å². The summed E-state index contributed by atoms with van der Waals surface area (Å²) in [5.41, 5.74) is 0. The summed E-state index contributed by atoms with van der Waals surface area (Å²) in [6.07, 6.45) is 71.5. The summed E-state index contributed by atoms with van der Waals surface area (Å²) in [5, 5.41) is 0. The smallest absolute Gasteiger partial charge is 0.306 e. The van der Waals surface area contributed by atoms with E-state index in [1.165, 1.54) is 122 Å². The average Bonchev–Trinajstić information content (AvgIpc) is 3.33. The Balaban J connectivity index is 4.36. The van der Waals surface area contributed by atoms with Crippen LogP contribution in [-0.4, -0.2) is 37.2 Å². The molecule has 0 saturated carbocycles. The Morgan fingerprint density at radius 3 is 0.940 bits per heavy atom. The summed E-state index contributed by atoms with van der Waals surface area (Å²) in [6, 6.07) is 0. The molecular weight excluding hydrogens is 829 g/mol. The Hall–Kier alpha value is -3.41. The molecule has 0 N–H and O–H groups in total. The second-order valence-corrected chi connectivity index (χ2v) is 18.5. The van der Waals surface area contributed by atoms with E-state index < -0.39 is 6.10 Å². The molecule has 0 aromatic heterocycles. The topological polar surface area (TPSA) is 78.9 Å². The van der Waals surface area contributed by atoms with Crippen molar-refractivity contribution >= 4 is 17.9 Å². The molecule has 384 valence electrons. The highest BCUT2D eigenvalue weighted by Gasteiger charge is 2.19. The molecule has 6 nitrogen and oxygen atoms in total. The number of hydrogen-bond donors (Lipinski definition) is 0. The SMILES string of the molecule is CC/C=C\C/C=C\C/C=C\C/C=C\CCCCC(=O)OC(COC(=O)CCCCCCCCCC/C=C\C/C=C\C/C=C\CCCCCCC)COC(=O)CCCCCCCCCCCCC. The van der Waals surface area contributed by atoms with Crippen LogP contribution < -0.4 is 0 Å². The van der Waals surface area contributed by atoms with Gasteiger partial charge in [-0.15, -0.1) is 0 Å². The quantitative estimate of drug-likeness (QED) is 0.0262. The Labute approximate surface area is 414 Å². The zero-order chi connectivity index (χ0) is 48.6. The van der Waals surface area contributed by atoms with Gasteiger partial charge in [-0.05, 0) is 96.3 Å². The van der Waals surface area contributed by atoms with Gasteiger partial charge in [-0.2, -0.15) is 0 Å². The highest BCUT2D eigenvalue weighted by atomic mass is 16.6. The second-order valence-electron chi connectivity index (χ2n) is 18.5. The minimum Gasteiger partial charge on any atom is -0.462 e. The van der Waals surface area contributed by atoms with Crippen LogP contribution in [0.4, 0.5) is 0 Å². The molecule has 0 radical (unpaired) electrons. The number of ether oxygens (including phenoxy) is 3. The van der Waals surface area contributed by atoms with Gasteiger partial charge in [0.2, 0.25) is 0 Å². The summed E-state index contributed by atoms with van der Waals surface area (Å²) in [4.78, 5) is 38.0. The van der Waals surface area contributed by atoms with Gasteiger partial charge in [-0.1, -0.05) is 234 Å². The zero-order valence-corrected chi connectivity index (χ0v) is 43.9. The van der Waals surface area contributed by atoms with E-state index in [1.54, 1.807) is 0 Å². The molecule has 0 spiro atoms. The molecule has 0 aromatic rings. The Morgan fingerprint density at radius 2 is 0.582 bits per heavy atom. The van der Waals surface area contributed by atoms with E-state index in [1.807, 2.05) is 0 Å². The third kappa shape index (κ3) is 53.4. The molecule has 0 fully saturated rings. The first-order valence-electron chi connectivity index (χ1n) is 28.1. The normalized spacial score (nSPS) is 12.7. The molecule has 0 aliphatic rings. The van der Waals surface area contributed by atoms with Gasteiger partial charge in [-0.3, -0.25) is 14.4 Å². The van der Waals surface area contributed by atoms with E-state index in [-0.39, 0.29) is 37.5 Å².